The molecule has 2 nitrogen and oxygen atoms in total. The quantitative estimate of drug-likeness (QED) is 0.854. The van der Waals surface area contributed by atoms with Crippen molar-refractivity contribution in [2.45, 2.75) is 38.3 Å². The van der Waals surface area contributed by atoms with E-state index in [9.17, 15) is 0 Å². The number of hydrogen-bond donors (Lipinski definition) is 1. The zero-order valence-electron chi connectivity index (χ0n) is 11.3. The van der Waals surface area contributed by atoms with Gasteiger partial charge >= 0.3 is 0 Å². The summed E-state index contributed by atoms with van der Waals surface area (Å²) in [6.45, 7) is 3.27. The van der Waals surface area contributed by atoms with Crippen LogP contribution in [0.4, 0.5) is 0 Å². The van der Waals surface area contributed by atoms with Gasteiger partial charge in [0.1, 0.15) is 0 Å². The molecule has 1 fully saturated rings. The molecule has 1 aromatic carbocycles. The van der Waals surface area contributed by atoms with E-state index in [1.54, 1.807) is 0 Å². The van der Waals surface area contributed by atoms with E-state index in [1.165, 1.54) is 12.8 Å². The Morgan fingerprint density at radius 3 is 2.61 bits per heavy atom. The van der Waals surface area contributed by atoms with Crippen molar-refractivity contribution in [1.82, 2.24) is 4.90 Å². The third kappa shape index (κ3) is 3.25. The van der Waals surface area contributed by atoms with E-state index in [4.69, 9.17) is 17.3 Å². The number of nitrogens with zero attached hydrogens (tertiary/aromatic N) is 1. The number of benzene rings is 1. The van der Waals surface area contributed by atoms with Gasteiger partial charge in [0.05, 0.1) is 6.04 Å². The lowest BCUT2D eigenvalue weighted by Gasteiger charge is -2.33. The molecule has 1 aromatic rings. The largest absolute Gasteiger partial charge is 0.326 e. The van der Waals surface area contributed by atoms with Gasteiger partial charge in [0.2, 0.25) is 0 Å². The van der Waals surface area contributed by atoms with Crippen molar-refractivity contribution in [3.8, 4) is 0 Å². The van der Waals surface area contributed by atoms with Crippen molar-refractivity contribution in [3.63, 3.8) is 0 Å². The fraction of sp³-hybridized carbons (Fsp3) is 0.600. The van der Waals surface area contributed by atoms with Gasteiger partial charge in [0, 0.05) is 17.6 Å². The van der Waals surface area contributed by atoms with Crippen molar-refractivity contribution in [2.24, 2.45) is 11.7 Å². The summed E-state index contributed by atoms with van der Waals surface area (Å²) in [6, 6.07) is 8.43. The van der Waals surface area contributed by atoms with E-state index < -0.39 is 0 Å². The van der Waals surface area contributed by atoms with Crippen molar-refractivity contribution in [2.75, 3.05) is 13.6 Å². The maximum absolute atomic E-state index is 6.33. The highest BCUT2D eigenvalue weighted by Gasteiger charge is 2.30. The van der Waals surface area contributed by atoms with Crippen LogP contribution in [0.1, 0.15) is 37.8 Å². The highest BCUT2D eigenvalue weighted by Crippen LogP contribution is 2.35. The van der Waals surface area contributed by atoms with Crippen LogP contribution in [0, 0.1) is 5.92 Å². The lowest BCUT2D eigenvalue weighted by molar-refractivity contribution is 0.202. The molecule has 1 aliphatic carbocycles. The fourth-order valence-corrected chi connectivity index (χ4v) is 2.80. The number of rotatable bonds is 6. The van der Waals surface area contributed by atoms with Gasteiger partial charge in [0.15, 0.2) is 0 Å². The smallest absolute Gasteiger partial charge is 0.0511 e. The summed E-state index contributed by atoms with van der Waals surface area (Å²) in [5, 5.41) is 0.828. The Labute approximate surface area is 115 Å². The summed E-state index contributed by atoms with van der Waals surface area (Å²) >= 11 is 6.33. The van der Waals surface area contributed by atoms with Gasteiger partial charge in [-0.3, -0.25) is 4.90 Å². The Kier molecular flexibility index (Phi) is 4.66. The molecule has 0 spiro atoms. The molecule has 0 aromatic heterocycles. The van der Waals surface area contributed by atoms with E-state index in [1.807, 2.05) is 18.2 Å². The van der Waals surface area contributed by atoms with Gasteiger partial charge < -0.3 is 5.73 Å². The first-order valence-corrected chi connectivity index (χ1v) is 7.21. The minimum Gasteiger partial charge on any atom is -0.326 e. The first-order chi connectivity index (χ1) is 8.63. The second kappa shape index (κ2) is 6.05. The monoisotopic (exact) mass is 266 g/mol. The summed E-state index contributed by atoms with van der Waals surface area (Å²) < 4.78 is 0. The van der Waals surface area contributed by atoms with Crippen LogP contribution in [0.3, 0.4) is 0 Å². The topological polar surface area (TPSA) is 29.3 Å². The molecule has 0 saturated heterocycles. The molecule has 3 heteroatoms. The van der Waals surface area contributed by atoms with Crippen LogP contribution in [0.5, 0.6) is 0 Å². The Balaban J connectivity index is 2.20. The second-order valence-electron chi connectivity index (χ2n) is 5.42. The molecule has 2 rings (SSSR count). The molecule has 0 bridgehead atoms. The predicted octanol–water partition coefficient (Wildman–Crippen LogP) is 3.46. The first-order valence-electron chi connectivity index (χ1n) is 6.83. The van der Waals surface area contributed by atoms with Gasteiger partial charge in [0.25, 0.3) is 0 Å². The number of nitrogens with two attached hydrogens (primary N) is 1. The Bertz CT molecular complexity index is 390. The second-order valence-corrected chi connectivity index (χ2v) is 5.83. The van der Waals surface area contributed by atoms with E-state index in [0.717, 1.165) is 29.5 Å². The molecule has 1 aliphatic rings. The van der Waals surface area contributed by atoms with Crippen LogP contribution in [0.2, 0.25) is 5.02 Å². The summed E-state index contributed by atoms with van der Waals surface area (Å²) in [5.74, 6) is 0.865. The molecule has 100 valence electrons. The highest BCUT2D eigenvalue weighted by atomic mass is 35.5. The number of likely N-dealkylation sites (N-methyl/N-ethyl adjacent to an activating group) is 1. The van der Waals surface area contributed by atoms with Gasteiger partial charge in [-0.1, -0.05) is 36.7 Å². The lowest BCUT2D eigenvalue weighted by Crippen LogP contribution is -2.39. The molecule has 0 radical (unpaired) electrons. The van der Waals surface area contributed by atoms with Crippen LogP contribution in [-0.4, -0.2) is 24.5 Å². The third-order valence-electron chi connectivity index (χ3n) is 3.82. The van der Waals surface area contributed by atoms with Crippen LogP contribution in [0.15, 0.2) is 24.3 Å². The predicted molar refractivity (Wildman–Crippen MR) is 77.8 cm³/mol. The average Bonchev–Trinajstić information content (AvgIpc) is 3.15. The van der Waals surface area contributed by atoms with Crippen LogP contribution in [0.25, 0.3) is 0 Å². The highest BCUT2D eigenvalue weighted by molar-refractivity contribution is 6.31. The van der Waals surface area contributed by atoms with Crippen molar-refractivity contribution in [3.05, 3.63) is 34.9 Å². The Morgan fingerprint density at radius 2 is 2.06 bits per heavy atom. The first kappa shape index (κ1) is 13.9. The van der Waals surface area contributed by atoms with Gasteiger partial charge in [-0.05, 0) is 43.9 Å². The molecular weight excluding hydrogens is 244 g/mol. The normalized spacial score (nSPS) is 18.9. The SMILES string of the molecule is CCC(N)C(c1ccccc1Cl)N(C)CC1CC1. The van der Waals surface area contributed by atoms with Crippen LogP contribution < -0.4 is 5.73 Å². The van der Waals surface area contributed by atoms with Gasteiger partial charge in [-0.25, -0.2) is 0 Å². The molecule has 18 heavy (non-hydrogen) atoms. The number of halogens is 1. The lowest BCUT2D eigenvalue weighted by atomic mass is 9.96. The summed E-state index contributed by atoms with van der Waals surface area (Å²) in [4.78, 5) is 2.38. The Morgan fingerprint density at radius 1 is 1.39 bits per heavy atom. The van der Waals surface area contributed by atoms with Gasteiger partial charge in [-0.15, -0.1) is 0 Å². The zero-order valence-corrected chi connectivity index (χ0v) is 12.0. The molecule has 0 aliphatic heterocycles. The minimum absolute atomic E-state index is 0.133. The molecule has 0 heterocycles. The average molecular weight is 267 g/mol. The van der Waals surface area contributed by atoms with E-state index in [-0.39, 0.29) is 12.1 Å². The molecule has 2 N–H and O–H groups in total. The zero-order chi connectivity index (χ0) is 13.1. The summed E-state index contributed by atoms with van der Waals surface area (Å²) in [7, 11) is 2.17. The third-order valence-corrected chi connectivity index (χ3v) is 4.16. The van der Waals surface area contributed by atoms with Crippen LogP contribution >= 0.6 is 11.6 Å². The molecule has 0 amide bonds. The van der Waals surface area contributed by atoms with E-state index in [2.05, 4.69) is 24.9 Å². The number of hydrogen-bond acceptors (Lipinski definition) is 2. The molecule has 1 saturated carbocycles. The summed E-state index contributed by atoms with van der Waals surface area (Å²) in [6.07, 6.45) is 3.69. The van der Waals surface area contributed by atoms with E-state index >= 15 is 0 Å². The molecule has 2 atom stereocenters. The van der Waals surface area contributed by atoms with Crippen molar-refractivity contribution >= 4 is 11.6 Å². The minimum atomic E-state index is 0.133. The van der Waals surface area contributed by atoms with Crippen LogP contribution in [-0.2, 0) is 0 Å². The van der Waals surface area contributed by atoms with Crippen molar-refractivity contribution < 1.29 is 0 Å². The van der Waals surface area contributed by atoms with Gasteiger partial charge in [-0.2, -0.15) is 0 Å². The molecular formula is C15H23ClN2. The van der Waals surface area contributed by atoms with Crippen molar-refractivity contribution in [1.29, 1.82) is 0 Å². The maximum Gasteiger partial charge on any atom is 0.0511 e. The standard InChI is InChI=1S/C15H23ClN2/c1-3-14(17)15(18(2)10-11-8-9-11)12-6-4-5-7-13(12)16/h4-7,11,14-15H,3,8-10,17H2,1-2H3. The Hall–Kier alpha value is -0.570. The maximum atomic E-state index is 6.33. The summed E-state index contributed by atoms with van der Waals surface area (Å²) in [5.41, 5.74) is 7.48. The van der Waals surface area contributed by atoms with E-state index in [0.29, 0.717) is 0 Å². The fourth-order valence-electron chi connectivity index (χ4n) is 2.55. The molecule has 2 unspecified atom stereocenters.